The molecule has 1 N–H and O–H groups in total. The number of hydrogen-bond acceptors (Lipinski definition) is 6. The molecule has 2 aromatic rings. The molecule has 22 heavy (non-hydrogen) atoms. The van der Waals surface area contributed by atoms with Gasteiger partial charge in [0.05, 0.1) is 12.4 Å². The van der Waals surface area contributed by atoms with Crippen molar-refractivity contribution in [2.45, 2.75) is 12.1 Å². The van der Waals surface area contributed by atoms with E-state index in [4.69, 9.17) is 4.74 Å². The van der Waals surface area contributed by atoms with Crippen LogP contribution in [0.2, 0.25) is 0 Å². The summed E-state index contributed by atoms with van der Waals surface area (Å²) < 4.78 is 7.14. The zero-order chi connectivity index (χ0) is 15.8. The highest BCUT2D eigenvalue weighted by Gasteiger charge is 2.14. The van der Waals surface area contributed by atoms with E-state index in [-0.39, 0.29) is 11.7 Å². The van der Waals surface area contributed by atoms with E-state index in [2.05, 4.69) is 27.4 Å². The van der Waals surface area contributed by atoms with Crippen LogP contribution in [0, 0.1) is 0 Å². The van der Waals surface area contributed by atoms with Gasteiger partial charge in [-0.25, -0.2) is 0 Å². The van der Waals surface area contributed by atoms with Crippen molar-refractivity contribution >= 4 is 17.7 Å². The summed E-state index contributed by atoms with van der Waals surface area (Å²) in [4.78, 5) is 11.6. The van der Waals surface area contributed by atoms with Gasteiger partial charge in [-0.3, -0.25) is 4.79 Å². The molecular weight excluding hydrogens is 302 g/mol. The molecule has 0 aliphatic carbocycles. The Morgan fingerprint density at radius 2 is 2.32 bits per heavy atom. The lowest BCUT2D eigenvalue weighted by Crippen LogP contribution is -2.25. The number of amides is 1. The van der Waals surface area contributed by atoms with Gasteiger partial charge in [0.15, 0.2) is 0 Å². The van der Waals surface area contributed by atoms with E-state index in [1.807, 2.05) is 31.2 Å². The minimum atomic E-state index is -0.0995. The number of rotatable bonds is 8. The van der Waals surface area contributed by atoms with E-state index in [9.17, 15) is 4.79 Å². The molecule has 8 heteroatoms. The molecule has 2 rings (SSSR count). The summed E-state index contributed by atoms with van der Waals surface area (Å²) in [6, 6.07) is 7.48. The van der Waals surface area contributed by atoms with Crippen molar-refractivity contribution in [3.05, 3.63) is 36.9 Å². The van der Waals surface area contributed by atoms with E-state index in [0.717, 1.165) is 5.69 Å². The fourth-order valence-electron chi connectivity index (χ4n) is 1.70. The van der Waals surface area contributed by atoms with E-state index in [1.54, 1.807) is 10.8 Å². The maximum atomic E-state index is 11.6. The monoisotopic (exact) mass is 319 g/mol. The number of carbonyl (C=O) groups excluding carboxylic acids is 1. The third-order valence-electron chi connectivity index (χ3n) is 2.61. The molecule has 116 valence electrons. The Kier molecular flexibility index (Phi) is 5.96. The minimum absolute atomic E-state index is 0.0995. The Morgan fingerprint density at radius 3 is 3.09 bits per heavy atom. The predicted molar refractivity (Wildman–Crippen MR) is 84.3 cm³/mol. The number of nitrogens with one attached hydrogen (secondary N) is 1. The molecule has 1 amide bonds. The molecule has 0 fully saturated rings. The summed E-state index contributed by atoms with van der Waals surface area (Å²) in [7, 11) is 0. The molecule has 1 heterocycles. The van der Waals surface area contributed by atoms with Gasteiger partial charge in [0.1, 0.15) is 11.4 Å². The van der Waals surface area contributed by atoms with Crippen LogP contribution in [0.15, 0.2) is 42.1 Å². The highest BCUT2D eigenvalue weighted by molar-refractivity contribution is 7.99. The van der Waals surface area contributed by atoms with Crippen LogP contribution >= 0.6 is 11.8 Å². The fourth-order valence-corrected chi connectivity index (χ4v) is 2.41. The molecular formula is C14H17N5O2S. The quantitative estimate of drug-likeness (QED) is 0.586. The van der Waals surface area contributed by atoms with Crippen LogP contribution in [0.5, 0.6) is 5.75 Å². The number of carbonyl (C=O) groups is 1. The van der Waals surface area contributed by atoms with Crippen molar-refractivity contribution in [2.24, 2.45) is 0 Å². The summed E-state index contributed by atoms with van der Waals surface area (Å²) in [5.41, 5.74) is 0.739. The second kappa shape index (κ2) is 8.18. The van der Waals surface area contributed by atoms with E-state index >= 15 is 0 Å². The lowest BCUT2D eigenvalue weighted by atomic mass is 10.3. The van der Waals surface area contributed by atoms with Crippen LogP contribution in [-0.4, -0.2) is 45.0 Å². The largest absolute Gasteiger partial charge is 0.492 e. The molecule has 1 aromatic heterocycles. The van der Waals surface area contributed by atoms with Crippen molar-refractivity contribution in [1.82, 2.24) is 25.5 Å². The summed E-state index contributed by atoms with van der Waals surface area (Å²) in [5.74, 6) is 0.818. The van der Waals surface area contributed by atoms with Crippen LogP contribution in [0.3, 0.4) is 0 Å². The van der Waals surface area contributed by atoms with Crippen LogP contribution < -0.4 is 10.1 Å². The number of benzene rings is 1. The SMILES string of the molecule is C=CCNC(=O)CSc1nnnn1-c1ccccc1OCC. The highest BCUT2D eigenvalue weighted by atomic mass is 32.2. The summed E-state index contributed by atoms with van der Waals surface area (Å²) in [6.45, 7) is 6.45. The molecule has 0 radical (unpaired) electrons. The van der Waals surface area contributed by atoms with Crippen molar-refractivity contribution < 1.29 is 9.53 Å². The second-order valence-corrected chi connectivity index (χ2v) is 5.10. The molecule has 0 aliphatic rings. The van der Waals surface area contributed by atoms with E-state index < -0.39 is 0 Å². The molecule has 0 bridgehead atoms. The topological polar surface area (TPSA) is 81.9 Å². The average molecular weight is 319 g/mol. The first-order chi connectivity index (χ1) is 10.8. The molecule has 0 spiro atoms. The standard InChI is InChI=1S/C14H17N5O2S/c1-3-9-15-13(20)10-22-14-16-17-18-19(14)11-7-5-6-8-12(11)21-4-2/h3,5-8H,1,4,9-10H2,2H3,(H,15,20). The molecule has 0 atom stereocenters. The van der Waals surface area contributed by atoms with Gasteiger partial charge in [-0.05, 0) is 29.5 Å². The smallest absolute Gasteiger partial charge is 0.230 e. The van der Waals surface area contributed by atoms with Gasteiger partial charge in [-0.1, -0.05) is 30.0 Å². The Morgan fingerprint density at radius 1 is 1.50 bits per heavy atom. The second-order valence-electron chi connectivity index (χ2n) is 4.16. The van der Waals surface area contributed by atoms with Gasteiger partial charge >= 0.3 is 0 Å². The number of ether oxygens (including phenoxy) is 1. The molecule has 7 nitrogen and oxygen atoms in total. The predicted octanol–water partition coefficient (Wildman–Crippen LogP) is 1.46. The van der Waals surface area contributed by atoms with Gasteiger partial charge in [0, 0.05) is 6.54 Å². The minimum Gasteiger partial charge on any atom is -0.492 e. The van der Waals surface area contributed by atoms with Gasteiger partial charge < -0.3 is 10.1 Å². The van der Waals surface area contributed by atoms with Gasteiger partial charge in [-0.15, -0.1) is 11.7 Å². The van der Waals surface area contributed by atoms with Gasteiger partial charge in [-0.2, -0.15) is 4.68 Å². The van der Waals surface area contributed by atoms with Gasteiger partial charge in [0.25, 0.3) is 0 Å². The first-order valence-corrected chi connectivity index (χ1v) is 7.75. The van der Waals surface area contributed by atoms with Crippen LogP contribution in [0.25, 0.3) is 5.69 Å². The zero-order valence-electron chi connectivity index (χ0n) is 12.2. The third kappa shape index (κ3) is 4.08. The van der Waals surface area contributed by atoms with Crippen molar-refractivity contribution in [3.63, 3.8) is 0 Å². The average Bonchev–Trinajstić information content (AvgIpc) is 3.00. The van der Waals surface area contributed by atoms with Crippen molar-refractivity contribution in [2.75, 3.05) is 18.9 Å². The number of para-hydroxylation sites is 2. The third-order valence-corrected chi connectivity index (χ3v) is 3.53. The number of thioether (sulfide) groups is 1. The maximum absolute atomic E-state index is 11.6. The van der Waals surface area contributed by atoms with E-state index in [1.165, 1.54) is 11.8 Å². The van der Waals surface area contributed by atoms with E-state index in [0.29, 0.717) is 24.1 Å². The van der Waals surface area contributed by atoms with Crippen molar-refractivity contribution in [1.29, 1.82) is 0 Å². The number of aromatic nitrogens is 4. The number of nitrogens with zero attached hydrogens (tertiary/aromatic N) is 4. The Bertz CT molecular complexity index is 644. The lowest BCUT2D eigenvalue weighted by Gasteiger charge is -2.10. The van der Waals surface area contributed by atoms with Gasteiger partial charge in [0.2, 0.25) is 11.1 Å². The summed E-state index contributed by atoms with van der Waals surface area (Å²) in [5, 5.41) is 14.8. The maximum Gasteiger partial charge on any atom is 0.230 e. The highest BCUT2D eigenvalue weighted by Crippen LogP contribution is 2.25. The molecule has 0 saturated carbocycles. The zero-order valence-corrected chi connectivity index (χ0v) is 13.0. The lowest BCUT2D eigenvalue weighted by molar-refractivity contribution is -0.118. The molecule has 1 aromatic carbocycles. The molecule has 0 saturated heterocycles. The fraction of sp³-hybridized carbons (Fsp3) is 0.286. The first-order valence-electron chi connectivity index (χ1n) is 6.77. The Hall–Kier alpha value is -2.35. The summed E-state index contributed by atoms with van der Waals surface area (Å²) in [6.07, 6.45) is 1.63. The van der Waals surface area contributed by atoms with Crippen LogP contribution in [-0.2, 0) is 4.79 Å². The molecule has 0 unspecified atom stereocenters. The van der Waals surface area contributed by atoms with Crippen molar-refractivity contribution in [3.8, 4) is 11.4 Å². The Balaban J connectivity index is 2.13. The normalized spacial score (nSPS) is 10.2. The van der Waals surface area contributed by atoms with Crippen LogP contribution in [0.4, 0.5) is 0 Å². The Labute approximate surface area is 132 Å². The molecule has 0 aliphatic heterocycles. The number of hydrogen-bond donors (Lipinski definition) is 1. The number of tetrazole rings is 1. The first kappa shape index (κ1) is 16.0. The van der Waals surface area contributed by atoms with Crippen LogP contribution in [0.1, 0.15) is 6.92 Å². The summed E-state index contributed by atoms with van der Waals surface area (Å²) >= 11 is 1.26.